The van der Waals surface area contributed by atoms with Gasteiger partial charge in [-0.3, -0.25) is 28.8 Å². The zero-order valence-corrected chi connectivity index (χ0v) is 28.8. The Labute approximate surface area is 283 Å². The summed E-state index contributed by atoms with van der Waals surface area (Å²) in [5.41, 5.74) is 7.40. The molecule has 1 aliphatic heterocycles. The molecule has 0 saturated carbocycles. The molecule has 8 N–H and O–H groups in total. The monoisotopic (exact) mass is 708 g/mol. The molecule has 49 heavy (non-hydrogen) atoms. The van der Waals surface area contributed by atoms with Crippen LogP contribution in [0.25, 0.3) is 0 Å². The van der Waals surface area contributed by atoms with Gasteiger partial charge in [0.25, 0.3) is 0 Å². The summed E-state index contributed by atoms with van der Waals surface area (Å²) in [6.45, 7) is 9.89. The minimum atomic E-state index is -5.14. The van der Waals surface area contributed by atoms with Gasteiger partial charge in [0.15, 0.2) is 0 Å². The number of hydrogen-bond donors (Lipinski definition) is 7. The van der Waals surface area contributed by atoms with E-state index < -0.39 is 84.3 Å². The van der Waals surface area contributed by atoms with E-state index in [1.807, 2.05) is 33.2 Å². The highest BCUT2D eigenvalue weighted by Gasteiger charge is 2.41. The number of hydroxylamine groups is 1. The van der Waals surface area contributed by atoms with Crippen LogP contribution in [0.15, 0.2) is 0 Å². The topological polar surface area (TPSA) is 230 Å². The SMILES string of the molecule is CC(C)C[C@H](NC(=O)[C@H](C)NC(=O)[C@H](C)N)C(=O)NCC(=O)N[C@@H](CC(C)C)C(=O)N1CCC[C@H]1C(=O)NCCCNOC(=O)C(F)(F)F. The van der Waals surface area contributed by atoms with E-state index in [1.54, 1.807) is 0 Å². The second-order valence-electron chi connectivity index (χ2n) is 12.8. The minimum Gasteiger partial charge on any atom is -0.364 e. The summed E-state index contributed by atoms with van der Waals surface area (Å²) in [6, 6.07) is -4.67. The molecule has 0 spiro atoms. The Morgan fingerprint density at radius 3 is 2.00 bits per heavy atom. The number of nitrogens with zero attached hydrogens (tertiary/aromatic N) is 1. The molecule has 280 valence electrons. The fourth-order valence-electron chi connectivity index (χ4n) is 4.81. The van der Waals surface area contributed by atoms with Crippen molar-refractivity contribution < 1.29 is 51.6 Å². The third-order valence-electron chi connectivity index (χ3n) is 7.26. The minimum absolute atomic E-state index is 0.0166. The summed E-state index contributed by atoms with van der Waals surface area (Å²) in [5.74, 6) is -5.88. The van der Waals surface area contributed by atoms with E-state index in [9.17, 15) is 46.7 Å². The average Bonchev–Trinajstić information content (AvgIpc) is 3.49. The highest BCUT2D eigenvalue weighted by Crippen LogP contribution is 2.20. The third-order valence-corrected chi connectivity index (χ3v) is 7.26. The maximum atomic E-state index is 13.6. The first-order valence-electron chi connectivity index (χ1n) is 16.3. The Morgan fingerprint density at radius 2 is 1.43 bits per heavy atom. The van der Waals surface area contributed by atoms with Gasteiger partial charge < -0.3 is 42.1 Å². The van der Waals surface area contributed by atoms with Crippen molar-refractivity contribution in [2.45, 2.75) is 110 Å². The molecular formula is C30H51F3N8O8. The largest absolute Gasteiger partial charge is 0.492 e. The van der Waals surface area contributed by atoms with E-state index in [2.05, 4.69) is 31.4 Å². The van der Waals surface area contributed by atoms with Gasteiger partial charge in [-0.05, 0) is 57.8 Å². The zero-order chi connectivity index (χ0) is 37.5. The molecule has 1 fully saturated rings. The Morgan fingerprint density at radius 1 is 0.816 bits per heavy atom. The standard InChI is InChI=1S/C30H51F3N8O8/c1-16(2)13-20(40-25(44)19(6)38-24(43)18(5)34)26(45)36-15-23(42)39-21(14-17(3)4)28(47)41-12-7-9-22(41)27(46)35-10-8-11-37-49-29(48)30(31,32)33/h16-22,37H,7-15,34H2,1-6H3,(H,35,46)(H,36,45)(H,38,43)(H,39,42)(H,40,44)/t18-,19-,20-,21-,22-/m0/s1. The molecule has 16 nitrogen and oxygen atoms in total. The maximum absolute atomic E-state index is 13.6. The van der Waals surface area contributed by atoms with Crippen molar-refractivity contribution >= 4 is 41.4 Å². The molecule has 0 aromatic carbocycles. The molecule has 1 heterocycles. The van der Waals surface area contributed by atoms with Crippen LogP contribution in [0.1, 0.15) is 73.6 Å². The lowest BCUT2D eigenvalue weighted by Gasteiger charge is -2.29. The van der Waals surface area contributed by atoms with Gasteiger partial charge >= 0.3 is 12.1 Å². The van der Waals surface area contributed by atoms with Crippen LogP contribution in [0.4, 0.5) is 13.2 Å². The lowest BCUT2D eigenvalue weighted by Crippen LogP contribution is -2.56. The van der Waals surface area contributed by atoms with Gasteiger partial charge in [-0.25, -0.2) is 4.79 Å². The quantitative estimate of drug-likeness (QED) is 0.0648. The predicted molar refractivity (Wildman–Crippen MR) is 170 cm³/mol. The molecule has 0 aliphatic carbocycles. The van der Waals surface area contributed by atoms with Crippen LogP contribution < -0.4 is 37.8 Å². The Balaban J connectivity index is 2.76. The molecular weight excluding hydrogens is 657 g/mol. The van der Waals surface area contributed by atoms with Crippen LogP contribution in [0.2, 0.25) is 0 Å². The van der Waals surface area contributed by atoms with E-state index in [0.717, 1.165) is 0 Å². The summed E-state index contributed by atoms with van der Waals surface area (Å²) in [6.07, 6.45) is -3.66. The number of nitrogens with one attached hydrogen (secondary N) is 6. The summed E-state index contributed by atoms with van der Waals surface area (Å²) >= 11 is 0. The van der Waals surface area contributed by atoms with Crippen LogP contribution in [-0.2, 0) is 38.4 Å². The molecule has 0 radical (unpaired) electrons. The molecule has 1 aliphatic rings. The van der Waals surface area contributed by atoms with E-state index in [4.69, 9.17) is 5.73 Å². The number of alkyl halides is 3. The summed E-state index contributed by atoms with van der Waals surface area (Å²) in [4.78, 5) is 92.9. The van der Waals surface area contributed by atoms with E-state index in [-0.39, 0.29) is 50.7 Å². The second-order valence-corrected chi connectivity index (χ2v) is 12.8. The summed E-state index contributed by atoms with van der Waals surface area (Å²) in [7, 11) is 0. The lowest BCUT2D eigenvalue weighted by molar-refractivity contribution is -0.206. The fourth-order valence-corrected chi connectivity index (χ4v) is 4.81. The van der Waals surface area contributed by atoms with Gasteiger partial charge in [-0.1, -0.05) is 27.7 Å². The van der Waals surface area contributed by atoms with Crippen molar-refractivity contribution in [3.63, 3.8) is 0 Å². The van der Waals surface area contributed by atoms with E-state index in [1.165, 1.54) is 18.7 Å². The van der Waals surface area contributed by atoms with Gasteiger partial charge in [0.1, 0.15) is 24.2 Å². The van der Waals surface area contributed by atoms with Crippen LogP contribution in [0, 0.1) is 11.8 Å². The number of carbonyl (C=O) groups is 7. The Bertz CT molecular complexity index is 1170. The van der Waals surface area contributed by atoms with Crippen molar-refractivity contribution in [2.24, 2.45) is 17.6 Å². The number of carbonyl (C=O) groups excluding carboxylic acids is 7. The maximum Gasteiger partial charge on any atom is 0.492 e. The molecule has 0 unspecified atom stereocenters. The summed E-state index contributed by atoms with van der Waals surface area (Å²) in [5, 5.41) is 12.8. The molecule has 0 aromatic rings. The number of rotatable bonds is 19. The first-order chi connectivity index (χ1) is 22.7. The smallest absolute Gasteiger partial charge is 0.364 e. The van der Waals surface area contributed by atoms with Crippen LogP contribution in [0.3, 0.4) is 0 Å². The molecule has 0 aromatic heterocycles. The molecule has 0 bridgehead atoms. The van der Waals surface area contributed by atoms with Crippen molar-refractivity contribution in [3.8, 4) is 0 Å². The zero-order valence-electron chi connectivity index (χ0n) is 28.8. The Kier molecular flexibility index (Phi) is 18.0. The average molecular weight is 709 g/mol. The molecule has 5 atom stereocenters. The third kappa shape index (κ3) is 15.8. The predicted octanol–water partition coefficient (Wildman–Crippen LogP) is -0.876. The van der Waals surface area contributed by atoms with Crippen molar-refractivity contribution in [3.05, 3.63) is 0 Å². The first kappa shape index (κ1) is 43.0. The fraction of sp³-hybridized carbons (Fsp3) is 0.767. The van der Waals surface area contributed by atoms with Gasteiger partial charge in [0.2, 0.25) is 35.4 Å². The van der Waals surface area contributed by atoms with Crippen molar-refractivity contribution in [2.75, 3.05) is 26.2 Å². The number of halogens is 3. The molecule has 1 rings (SSSR count). The molecule has 1 saturated heterocycles. The van der Waals surface area contributed by atoms with E-state index >= 15 is 0 Å². The van der Waals surface area contributed by atoms with Gasteiger partial charge in [0, 0.05) is 19.6 Å². The van der Waals surface area contributed by atoms with Gasteiger partial charge in [-0.2, -0.15) is 18.7 Å². The van der Waals surface area contributed by atoms with Crippen LogP contribution >= 0.6 is 0 Å². The molecule has 6 amide bonds. The van der Waals surface area contributed by atoms with Gasteiger partial charge in [0.05, 0.1) is 12.6 Å². The second kappa shape index (κ2) is 20.5. The number of amides is 6. The molecule has 19 heteroatoms. The van der Waals surface area contributed by atoms with Crippen LogP contribution in [0.5, 0.6) is 0 Å². The highest BCUT2D eigenvalue weighted by molar-refractivity contribution is 5.95. The van der Waals surface area contributed by atoms with Crippen molar-refractivity contribution in [1.82, 2.24) is 37.0 Å². The normalized spacial score (nSPS) is 17.1. The number of hydrogen-bond acceptors (Lipinski definition) is 10. The van der Waals surface area contributed by atoms with Crippen molar-refractivity contribution in [1.29, 1.82) is 0 Å². The summed E-state index contributed by atoms with van der Waals surface area (Å²) < 4.78 is 36.5. The number of nitrogens with two attached hydrogens (primary N) is 1. The number of likely N-dealkylation sites (tertiary alicyclic amines) is 1. The highest BCUT2D eigenvalue weighted by atomic mass is 19.4. The van der Waals surface area contributed by atoms with Crippen LogP contribution in [-0.4, -0.2) is 109 Å². The van der Waals surface area contributed by atoms with Gasteiger partial charge in [-0.15, -0.1) is 0 Å². The lowest BCUT2D eigenvalue weighted by atomic mass is 10.0. The first-order valence-corrected chi connectivity index (χ1v) is 16.3. The van der Waals surface area contributed by atoms with E-state index in [0.29, 0.717) is 12.8 Å². The Hall–Kier alpha value is -4.00.